The SMILES string of the molecule is Cc1cccc(C(=O)N2CCCC(=O)C2)c1C. The van der Waals surface area contributed by atoms with Gasteiger partial charge in [0, 0.05) is 18.5 Å². The molecule has 2 rings (SSSR count). The van der Waals surface area contributed by atoms with Gasteiger partial charge < -0.3 is 4.90 Å². The number of nitrogens with zero attached hydrogens (tertiary/aromatic N) is 1. The highest BCUT2D eigenvalue weighted by atomic mass is 16.2. The van der Waals surface area contributed by atoms with Crippen molar-refractivity contribution in [3.8, 4) is 0 Å². The summed E-state index contributed by atoms with van der Waals surface area (Å²) < 4.78 is 0. The summed E-state index contributed by atoms with van der Waals surface area (Å²) in [7, 11) is 0. The molecular formula is C14H17NO2. The first-order chi connectivity index (χ1) is 8.09. The molecule has 1 aromatic carbocycles. The van der Waals surface area contributed by atoms with Crippen LogP contribution in [0.3, 0.4) is 0 Å². The Bertz CT molecular complexity index is 465. The molecule has 1 aromatic rings. The number of aryl methyl sites for hydroxylation is 1. The van der Waals surface area contributed by atoms with Gasteiger partial charge >= 0.3 is 0 Å². The predicted octanol–water partition coefficient (Wildman–Crippen LogP) is 2.11. The zero-order chi connectivity index (χ0) is 12.4. The third-order valence-electron chi connectivity index (χ3n) is 3.37. The maximum atomic E-state index is 12.3. The van der Waals surface area contributed by atoms with Crippen LogP contribution in [-0.2, 0) is 4.79 Å². The van der Waals surface area contributed by atoms with Crippen molar-refractivity contribution in [3.63, 3.8) is 0 Å². The highest BCUT2D eigenvalue weighted by Gasteiger charge is 2.23. The molecule has 0 unspecified atom stereocenters. The topological polar surface area (TPSA) is 37.4 Å². The Kier molecular flexibility index (Phi) is 3.27. The van der Waals surface area contributed by atoms with Crippen LogP contribution >= 0.6 is 0 Å². The van der Waals surface area contributed by atoms with E-state index in [1.165, 1.54) is 0 Å². The van der Waals surface area contributed by atoms with E-state index in [2.05, 4.69) is 0 Å². The van der Waals surface area contributed by atoms with Gasteiger partial charge in [0.2, 0.25) is 0 Å². The van der Waals surface area contributed by atoms with Gasteiger partial charge in [0.1, 0.15) is 0 Å². The molecular weight excluding hydrogens is 214 g/mol. The molecule has 17 heavy (non-hydrogen) atoms. The number of piperidine rings is 1. The molecule has 0 aliphatic carbocycles. The molecule has 1 saturated heterocycles. The summed E-state index contributed by atoms with van der Waals surface area (Å²) in [6, 6.07) is 5.72. The largest absolute Gasteiger partial charge is 0.331 e. The molecule has 1 aliphatic rings. The van der Waals surface area contributed by atoms with E-state index in [1.807, 2.05) is 32.0 Å². The Morgan fingerprint density at radius 2 is 2.06 bits per heavy atom. The monoisotopic (exact) mass is 231 g/mol. The lowest BCUT2D eigenvalue weighted by molar-refractivity contribution is -0.121. The van der Waals surface area contributed by atoms with Crippen LogP contribution in [0.1, 0.15) is 34.3 Å². The number of likely N-dealkylation sites (tertiary alicyclic amines) is 1. The molecule has 0 radical (unpaired) electrons. The Labute approximate surface area is 101 Å². The summed E-state index contributed by atoms with van der Waals surface area (Å²) in [6.45, 7) is 4.91. The quantitative estimate of drug-likeness (QED) is 0.742. The van der Waals surface area contributed by atoms with Crippen LogP contribution in [0.15, 0.2) is 18.2 Å². The Balaban J connectivity index is 2.24. The zero-order valence-corrected chi connectivity index (χ0v) is 10.3. The normalized spacial score (nSPS) is 16.1. The second kappa shape index (κ2) is 4.70. The summed E-state index contributed by atoms with van der Waals surface area (Å²) in [5.74, 6) is 0.147. The van der Waals surface area contributed by atoms with Crippen LogP contribution < -0.4 is 0 Å². The fourth-order valence-electron chi connectivity index (χ4n) is 2.16. The summed E-state index contributed by atoms with van der Waals surface area (Å²) in [5.41, 5.74) is 2.84. The summed E-state index contributed by atoms with van der Waals surface area (Å²) in [4.78, 5) is 25.3. The van der Waals surface area contributed by atoms with Crippen molar-refractivity contribution < 1.29 is 9.59 Å². The van der Waals surface area contributed by atoms with Gasteiger partial charge in [-0.25, -0.2) is 0 Å². The van der Waals surface area contributed by atoms with Gasteiger partial charge in [0.15, 0.2) is 5.78 Å². The number of amides is 1. The molecule has 3 heteroatoms. The van der Waals surface area contributed by atoms with Gasteiger partial charge in [-0.2, -0.15) is 0 Å². The Morgan fingerprint density at radius 3 is 2.76 bits per heavy atom. The maximum absolute atomic E-state index is 12.3. The summed E-state index contributed by atoms with van der Waals surface area (Å²) in [5, 5.41) is 0. The van der Waals surface area contributed by atoms with Crippen LogP contribution in [0.2, 0.25) is 0 Å². The van der Waals surface area contributed by atoms with E-state index in [4.69, 9.17) is 0 Å². The number of rotatable bonds is 1. The molecule has 0 atom stereocenters. The molecule has 1 amide bonds. The number of carbonyl (C=O) groups is 2. The minimum Gasteiger partial charge on any atom is -0.331 e. The number of hydrogen-bond donors (Lipinski definition) is 0. The van der Waals surface area contributed by atoms with Gasteiger partial charge in [-0.05, 0) is 37.5 Å². The lowest BCUT2D eigenvalue weighted by Gasteiger charge is -2.26. The number of carbonyl (C=O) groups excluding carboxylic acids is 2. The maximum Gasteiger partial charge on any atom is 0.254 e. The van der Waals surface area contributed by atoms with E-state index in [0.717, 1.165) is 23.1 Å². The Morgan fingerprint density at radius 1 is 1.29 bits per heavy atom. The summed E-state index contributed by atoms with van der Waals surface area (Å²) >= 11 is 0. The van der Waals surface area contributed by atoms with Crippen molar-refractivity contribution in [2.75, 3.05) is 13.1 Å². The molecule has 0 saturated carbocycles. The number of Topliss-reactive ketones (excluding diaryl/α,β-unsaturated/α-hetero) is 1. The second-order valence-corrected chi connectivity index (χ2v) is 4.62. The average Bonchev–Trinajstić information content (AvgIpc) is 2.32. The third-order valence-corrected chi connectivity index (χ3v) is 3.37. The van der Waals surface area contributed by atoms with Crippen LogP contribution in [-0.4, -0.2) is 29.7 Å². The van der Waals surface area contributed by atoms with E-state index in [1.54, 1.807) is 4.90 Å². The van der Waals surface area contributed by atoms with Crippen molar-refractivity contribution >= 4 is 11.7 Å². The van der Waals surface area contributed by atoms with Crippen molar-refractivity contribution in [3.05, 3.63) is 34.9 Å². The summed E-state index contributed by atoms with van der Waals surface area (Å²) in [6.07, 6.45) is 1.39. The molecule has 0 bridgehead atoms. The van der Waals surface area contributed by atoms with Crippen molar-refractivity contribution in [2.24, 2.45) is 0 Å². The minimum atomic E-state index is -0.0146. The first-order valence-electron chi connectivity index (χ1n) is 5.97. The van der Waals surface area contributed by atoms with Crippen molar-refractivity contribution in [1.82, 2.24) is 4.90 Å². The van der Waals surface area contributed by atoms with E-state index >= 15 is 0 Å². The highest BCUT2D eigenvalue weighted by molar-refractivity contribution is 5.98. The number of ketones is 1. The Hall–Kier alpha value is -1.64. The van der Waals surface area contributed by atoms with Crippen LogP contribution in [0.5, 0.6) is 0 Å². The second-order valence-electron chi connectivity index (χ2n) is 4.62. The van der Waals surface area contributed by atoms with E-state index in [-0.39, 0.29) is 18.2 Å². The van der Waals surface area contributed by atoms with E-state index in [9.17, 15) is 9.59 Å². The molecule has 0 spiro atoms. The van der Waals surface area contributed by atoms with Gasteiger partial charge in [0.25, 0.3) is 5.91 Å². The molecule has 1 heterocycles. The molecule has 0 aromatic heterocycles. The van der Waals surface area contributed by atoms with Crippen LogP contribution in [0.4, 0.5) is 0 Å². The van der Waals surface area contributed by atoms with E-state index in [0.29, 0.717) is 13.0 Å². The lowest BCUT2D eigenvalue weighted by Crippen LogP contribution is -2.40. The zero-order valence-electron chi connectivity index (χ0n) is 10.3. The molecule has 90 valence electrons. The number of hydrogen-bond acceptors (Lipinski definition) is 2. The van der Waals surface area contributed by atoms with Gasteiger partial charge in [-0.15, -0.1) is 0 Å². The number of benzene rings is 1. The third kappa shape index (κ3) is 2.38. The fraction of sp³-hybridized carbons (Fsp3) is 0.429. The van der Waals surface area contributed by atoms with Gasteiger partial charge in [-0.3, -0.25) is 9.59 Å². The smallest absolute Gasteiger partial charge is 0.254 e. The van der Waals surface area contributed by atoms with Crippen LogP contribution in [0, 0.1) is 13.8 Å². The van der Waals surface area contributed by atoms with Gasteiger partial charge in [-0.1, -0.05) is 12.1 Å². The first kappa shape index (κ1) is 11.8. The van der Waals surface area contributed by atoms with E-state index < -0.39 is 0 Å². The molecule has 1 aliphatic heterocycles. The van der Waals surface area contributed by atoms with Gasteiger partial charge in [0.05, 0.1) is 6.54 Å². The molecule has 1 fully saturated rings. The highest BCUT2D eigenvalue weighted by Crippen LogP contribution is 2.17. The van der Waals surface area contributed by atoms with Crippen molar-refractivity contribution in [1.29, 1.82) is 0 Å². The first-order valence-corrected chi connectivity index (χ1v) is 5.97. The molecule has 0 N–H and O–H groups in total. The van der Waals surface area contributed by atoms with Crippen LogP contribution in [0.25, 0.3) is 0 Å². The fourth-order valence-corrected chi connectivity index (χ4v) is 2.16. The standard InChI is InChI=1S/C14H17NO2/c1-10-5-3-7-13(11(10)2)14(17)15-8-4-6-12(16)9-15/h3,5,7H,4,6,8-9H2,1-2H3. The average molecular weight is 231 g/mol. The molecule has 3 nitrogen and oxygen atoms in total. The lowest BCUT2D eigenvalue weighted by atomic mass is 10.0. The predicted molar refractivity (Wildman–Crippen MR) is 66.1 cm³/mol. The minimum absolute atomic E-state index is 0.0146. The van der Waals surface area contributed by atoms with Crippen molar-refractivity contribution in [2.45, 2.75) is 26.7 Å².